The van der Waals surface area contributed by atoms with Crippen LogP contribution < -0.4 is 5.32 Å². The molecular weight excluding hydrogens is 352 g/mol. The molecule has 0 aliphatic carbocycles. The van der Waals surface area contributed by atoms with Crippen LogP contribution in [0.4, 0.5) is 10.8 Å². The summed E-state index contributed by atoms with van der Waals surface area (Å²) in [6, 6.07) is 7.44. The molecule has 1 aliphatic heterocycles. The predicted molar refractivity (Wildman–Crippen MR) is 95.8 cm³/mol. The molecule has 0 unspecified atom stereocenters. The smallest absolute Gasteiger partial charge is 0.233 e. The molecule has 5 nitrogen and oxygen atoms in total. The molecule has 1 fully saturated rings. The van der Waals surface area contributed by atoms with Gasteiger partial charge >= 0.3 is 0 Å². The van der Waals surface area contributed by atoms with Gasteiger partial charge in [0.15, 0.2) is 4.34 Å². The Balaban J connectivity index is 1.52. The first-order valence-electron chi connectivity index (χ1n) is 7.47. The van der Waals surface area contributed by atoms with E-state index in [2.05, 4.69) is 15.5 Å². The third-order valence-corrected chi connectivity index (χ3v) is 5.70. The molecule has 1 saturated heterocycles. The molecular formula is C15H17ClN4OS2. The average molecular weight is 369 g/mol. The maximum atomic E-state index is 12.1. The monoisotopic (exact) mass is 368 g/mol. The Labute approximate surface area is 148 Å². The number of likely N-dealkylation sites (tertiary alicyclic amines) is 1. The minimum Gasteiger partial charge on any atom is -0.342 e. The molecule has 1 aromatic carbocycles. The van der Waals surface area contributed by atoms with Crippen LogP contribution in [-0.4, -0.2) is 39.8 Å². The number of hydrogen-bond acceptors (Lipinski definition) is 6. The summed E-state index contributed by atoms with van der Waals surface area (Å²) in [5, 5.41) is 12.7. The zero-order valence-corrected chi connectivity index (χ0v) is 14.9. The number of piperidine rings is 1. The van der Waals surface area contributed by atoms with Gasteiger partial charge in [-0.3, -0.25) is 4.79 Å². The summed E-state index contributed by atoms with van der Waals surface area (Å²) in [5.74, 6) is 0.612. The van der Waals surface area contributed by atoms with Crippen LogP contribution in [0.25, 0.3) is 0 Å². The molecule has 1 N–H and O–H groups in total. The fourth-order valence-electron chi connectivity index (χ4n) is 2.37. The third kappa shape index (κ3) is 4.83. The van der Waals surface area contributed by atoms with E-state index in [1.54, 1.807) is 0 Å². The number of nitrogens with zero attached hydrogens (tertiary/aromatic N) is 3. The van der Waals surface area contributed by atoms with Crippen molar-refractivity contribution in [1.82, 2.24) is 15.1 Å². The summed E-state index contributed by atoms with van der Waals surface area (Å²) < 4.78 is 0.792. The topological polar surface area (TPSA) is 58.1 Å². The highest BCUT2D eigenvalue weighted by Crippen LogP contribution is 2.28. The first-order valence-corrected chi connectivity index (χ1v) is 9.65. The van der Waals surface area contributed by atoms with Crippen LogP contribution in [0.5, 0.6) is 0 Å². The van der Waals surface area contributed by atoms with E-state index >= 15 is 0 Å². The van der Waals surface area contributed by atoms with Gasteiger partial charge in [0.2, 0.25) is 11.0 Å². The Morgan fingerprint density at radius 2 is 2.13 bits per heavy atom. The molecule has 122 valence electrons. The van der Waals surface area contributed by atoms with Gasteiger partial charge in [-0.15, -0.1) is 10.2 Å². The minimum atomic E-state index is 0.189. The molecule has 8 heteroatoms. The highest BCUT2D eigenvalue weighted by atomic mass is 35.5. The lowest BCUT2D eigenvalue weighted by atomic mass is 10.1. The fraction of sp³-hybridized carbons (Fsp3) is 0.400. The van der Waals surface area contributed by atoms with E-state index in [0.29, 0.717) is 15.9 Å². The second-order valence-corrected chi connectivity index (χ2v) is 7.88. The van der Waals surface area contributed by atoms with Crippen molar-refractivity contribution in [2.24, 2.45) is 0 Å². The number of carbonyl (C=O) groups excluding carboxylic acids is 1. The molecule has 0 radical (unpaired) electrons. The van der Waals surface area contributed by atoms with Crippen molar-refractivity contribution >= 4 is 51.4 Å². The van der Waals surface area contributed by atoms with E-state index in [1.165, 1.54) is 29.5 Å². The molecule has 2 aromatic rings. The second kappa shape index (κ2) is 7.99. The molecule has 1 aromatic heterocycles. The van der Waals surface area contributed by atoms with E-state index in [1.807, 2.05) is 29.2 Å². The lowest BCUT2D eigenvalue weighted by Crippen LogP contribution is -2.36. The van der Waals surface area contributed by atoms with Crippen LogP contribution in [0.1, 0.15) is 19.3 Å². The molecule has 0 atom stereocenters. The van der Waals surface area contributed by atoms with Crippen molar-refractivity contribution in [2.75, 3.05) is 24.2 Å². The van der Waals surface area contributed by atoms with Gasteiger partial charge in [-0.2, -0.15) is 0 Å². The van der Waals surface area contributed by atoms with Gasteiger partial charge in [-0.1, -0.05) is 40.8 Å². The van der Waals surface area contributed by atoms with E-state index in [4.69, 9.17) is 11.6 Å². The Kier molecular flexibility index (Phi) is 5.75. The second-order valence-electron chi connectivity index (χ2n) is 5.24. The van der Waals surface area contributed by atoms with Crippen LogP contribution in [0.3, 0.4) is 0 Å². The van der Waals surface area contributed by atoms with Gasteiger partial charge in [0.1, 0.15) is 0 Å². The van der Waals surface area contributed by atoms with Crippen LogP contribution in [0.15, 0.2) is 28.6 Å². The molecule has 1 aliphatic rings. The molecule has 0 saturated carbocycles. The van der Waals surface area contributed by atoms with Gasteiger partial charge in [-0.05, 0) is 37.5 Å². The van der Waals surface area contributed by atoms with E-state index in [9.17, 15) is 4.79 Å². The maximum Gasteiger partial charge on any atom is 0.233 e. The maximum absolute atomic E-state index is 12.1. The number of aromatic nitrogens is 2. The number of benzene rings is 1. The number of halogens is 1. The Bertz CT molecular complexity index is 673. The number of hydrogen-bond donors (Lipinski definition) is 1. The summed E-state index contributed by atoms with van der Waals surface area (Å²) in [7, 11) is 0. The molecule has 23 heavy (non-hydrogen) atoms. The quantitative estimate of drug-likeness (QED) is 0.807. The third-order valence-electron chi connectivity index (χ3n) is 3.51. The number of anilines is 2. The van der Waals surface area contributed by atoms with Gasteiger partial charge < -0.3 is 10.2 Å². The Morgan fingerprint density at radius 1 is 1.30 bits per heavy atom. The lowest BCUT2D eigenvalue weighted by Gasteiger charge is -2.26. The molecule has 0 bridgehead atoms. The highest BCUT2D eigenvalue weighted by molar-refractivity contribution is 8.01. The van der Waals surface area contributed by atoms with Crippen molar-refractivity contribution in [3.63, 3.8) is 0 Å². The van der Waals surface area contributed by atoms with Crippen LogP contribution in [0, 0.1) is 0 Å². The van der Waals surface area contributed by atoms with Crippen LogP contribution in [-0.2, 0) is 4.79 Å². The van der Waals surface area contributed by atoms with Crippen molar-refractivity contribution in [3.05, 3.63) is 29.3 Å². The summed E-state index contributed by atoms with van der Waals surface area (Å²) in [4.78, 5) is 14.1. The SMILES string of the molecule is O=C(CSc1nnc(Nc2cccc(Cl)c2)s1)N1CCCCC1. The van der Waals surface area contributed by atoms with Crippen molar-refractivity contribution < 1.29 is 4.79 Å². The number of carbonyl (C=O) groups is 1. The molecule has 0 spiro atoms. The summed E-state index contributed by atoms with van der Waals surface area (Å²) in [6.07, 6.45) is 3.46. The normalized spacial score (nSPS) is 14.7. The summed E-state index contributed by atoms with van der Waals surface area (Å²) in [6.45, 7) is 1.77. The van der Waals surface area contributed by atoms with E-state index < -0.39 is 0 Å². The lowest BCUT2D eigenvalue weighted by molar-refractivity contribution is -0.129. The van der Waals surface area contributed by atoms with Crippen molar-refractivity contribution in [2.45, 2.75) is 23.6 Å². The molecule has 3 rings (SSSR count). The summed E-state index contributed by atoms with van der Waals surface area (Å²) >= 11 is 8.84. The predicted octanol–water partition coefficient (Wildman–Crippen LogP) is 4.04. The van der Waals surface area contributed by atoms with Crippen LogP contribution >= 0.6 is 34.7 Å². The number of amides is 1. The van der Waals surface area contributed by atoms with Gasteiger partial charge in [0, 0.05) is 23.8 Å². The molecule has 1 amide bonds. The summed E-state index contributed by atoms with van der Waals surface area (Å²) in [5.41, 5.74) is 0.870. The van der Waals surface area contributed by atoms with E-state index in [-0.39, 0.29) is 5.91 Å². The number of rotatable bonds is 5. The first-order chi connectivity index (χ1) is 11.2. The first kappa shape index (κ1) is 16.5. The van der Waals surface area contributed by atoms with Gasteiger partial charge in [0.25, 0.3) is 0 Å². The van der Waals surface area contributed by atoms with Crippen molar-refractivity contribution in [1.29, 1.82) is 0 Å². The Hall–Kier alpha value is -1.31. The standard InChI is InChI=1S/C15H17ClN4OS2/c16-11-5-4-6-12(9-11)17-14-18-19-15(23-14)22-10-13(21)20-7-2-1-3-8-20/h4-6,9H,1-3,7-8,10H2,(H,17,18). The highest BCUT2D eigenvalue weighted by Gasteiger charge is 2.17. The minimum absolute atomic E-state index is 0.189. The van der Waals surface area contributed by atoms with Gasteiger partial charge in [0.05, 0.1) is 5.75 Å². The molecule has 2 heterocycles. The Morgan fingerprint density at radius 3 is 2.91 bits per heavy atom. The zero-order valence-electron chi connectivity index (χ0n) is 12.5. The zero-order chi connectivity index (χ0) is 16.1. The van der Waals surface area contributed by atoms with Crippen LogP contribution in [0.2, 0.25) is 5.02 Å². The van der Waals surface area contributed by atoms with E-state index in [0.717, 1.165) is 36.0 Å². The number of thioether (sulfide) groups is 1. The average Bonchev–Trinajstić information content (AvgIpc) is 3.01. The largest absolute Gasteiger partial charge is 0.342 e. The number of nitrogens with one attached hydrogen (secondary N) is 1. The fourth-order valence-corrected chi connectivity index (χ4v) is 4.23. The van der Waals surface area contributed by atoms with Crippen molar-refractivity contribution in [3.8, 4) is 0 Å². The van der Waals surface area contributed by atoms with Gasteiger partial charge in [-0.25, -0.2) is 0 Å².